The Kier molecular flexibility index (Phi) is 4.29. The van der Waals surface area contributed by atoms with Gasteiger partial charge < -0.3 is 9.47 Å². The third-order valence-corrected chi connectivity index (χ3v) is 4.07. The van der Waals surface area contributed by atoms with Crippen molar-refractivity contribution >= 4 is 0 Å². The summed E-state index contributed by atoms with van der Waals surface area (Å²) in [6, 6.07) is 11.4. The van der Waals surface area contributed by atoms with Gasteiger partial charge in [-0.3, -0.25) is 9.67 Å². The molecule has 0 aliphatic carbocycles. The van der Waals surface area contributed by atoms with Crippen molar-refractivity contribution in [3.8, 4) is 40.1 Å². The molecule has 0 aliphatic heterocycles. The van der Waals surface area contributed by atoms with Gasteiger partial charge >= 0.3 is 0 Å². The van der Waals surface area contributed by atoms with E-state index in [9.17, 15) is 0 Å². The lowest BCUT2D eigenvalue weighted by molar-refractivity contribution is 0.393. The number of benzene rings is 1. The Morgan fingerprint density at radius 2 is 1.78 bits per heavy atom. The largest absolute Gasteiger partial charge is 0.497 e. The predicted molar refractivity (Wildman–Crippen MR) is 99.9 cm³/mol. The van der Waals surface area contributed by atoms with E-state index in [0.717, 1.165) is 22.6 Å². The highest BCUT2D eigenvalue weighted by Crippen LogP contribution is 2.31. The summed E-state index contributed by atoms with van der Waals surface area (Å²) in [6.45, 7) is 0. The first-order valence-corrected chi connectivity index (χ1v) is 8.29. The Morgan fingerprint density at radius 1 is 0.963 bits per heavy atom. The van der Waals surface area contributed by atoms with E-state index in [1.165, 1.54) is 0 Å². The van der Waals surface area contributed by atoms with Crippen LogP contribution in [0.1, 0.15) is 0 Å². The van der Waals surface area contributed by atoms with Crippen LogP contribution in [0.5, 0.6) is 11.6 Å². The quantitative estimate of drug-likeness (QED) is 0.543. The van der Waals surface area contributed by atoms with E-state index in [-0.39, 0.29) is 0 Å². The van der Waals surface area contributed by atoms with Crippen molar-refractivity contribution in [3.05, 3.63) is 55.0 Å². The summed E-state index contributed by atoms with van der Waals surface area (Å²) in [7, 11) is 5.05. The molecule has 1 aromatic carbocycles. The van der Waals surface area contributed by atoms with Crippen molar-refractivity contribution < 1.29 is 9.47 Å². The van der Waals surface area contributed by atoms with E-state index in [4.69, 9.17) is 19.6 Å². The van der Waals surface area contributed by atoms with Crippen molar-refractivity contribution in [2.75, 3.05) is 14.2 Å². The lowest BCUT2D eigenvalue weighted by atomic mass is 10.2. The second kappa shape index (κ2) is 6.91. The minimum atomic E-state index is 0.482. The molecule has 0 aliphatic rings. The van der Waals surface area contributed by atoms with Crippen LogP contribution in [0, 0.1) is 0 Å². The molecule has 27 heavy (non-hydrogen) atoms. The van der Waals surface area contributed by atoms with Crippen LogP contribution in [-0.2, 0) is 7.05 Å². The van der Waals surface area contributed by atoms with Crippen molar-refractivity contribution in [2.45, 2.75) is 0 Å². The van der Waals surface area contributed by atoms with Gasteiger partial charge in [-0.2, -0.15) is 0 Å². The van der Waals surface area contributed by atoms with E-state index < -0.39 is 0 Å². The molecule has 0 radical (unpaired) electrons. The summed E-state index contributed by atoms with van der Waals surface area (Å²) in [5, 5.41) is 9.05. The Bertz CT molecular complexity index is 1070. The van der Waals surface area contributed by atoms with Crippen molar-refractivity contribution in [1.82, 2.24) is 29.5 Å². The van der Waals surface area contributed by atoms with Crippen LogP contribution in [-0.4, -0.2) is 43.7 Å². The molecule has 3 heterocycles. The third kappa shape index (κ3) is 3.12. The van der Waals surface area contributed by atoms with E-state index in [2.05, 4.69) is 10.1 Å². The van der Waals surface area contributed by atoms with Crippen LogP contribution in [0.3, 0.4) is 0 Å². The monoisotopic (exact) mass is 362 g/mol. The van der Waals surface area contributed by atoms with E-state index in [1.54, 1.807) is 36.0 Å². The van der Waals surface area contributed by atoms with E-state index in [0.29, 0.717) is 17.5 Å². The molecule has 0 N–H and O–H groups in total. The number of ether oxygens (including phenoxy) is 2. The number of rotatable bonds is 5. The minimum Gasteiger partial charge on any atom is -0.497 e. The van der Waals surface area contributed by atoms with Gasteiger partial charge in [0.25, 0.3) is 0 Å². The molecule has 4 aromatic rings. The molecular weight excluding hydrogens is 344 g/mol. The number of aryl methyl sites for hydroxylation is 1. The SMILES string of the molecule is COc1cccc(-n2nc(-c3ccncc3)nc2-c2cn(C)nc2OC)c1. The Morgan fingerprint density at radius 3 is 2.52 bits per heavy atom. The molecule has 0 saturated carbocycles. The molecule has 8 nitrogen and oxygen atoms in total. The zero-order valence-electron chi connectivity index (χ0n) is 15.2. The van der Waals surface area contributed by atoms with Gasteiger partial charge in [-0.25, -0.2) is 9.67 Å². The van der Waals surface area contributed by atoms with Gasteiger partial charge in [0, 0.05) is 37.3 Å². The third-order valence-electron chi connectivity index (χ3n) is 4.07. The first-order valence-electron chi connectivity index (χ1n) is 8.29. The standard InChI is InChI=1S/C19H18N6O2/c1-24-12-16(19(23-24)27-3)18-21-17(13-7-9-20-10-8-13)22-25(18)14-5-4-6-15(11-14)26-2/h4-12H,1-3H3. The van der Waals surface area contributed by atoms with Gasteiger partial charge in [0.2, 0.25) is 5.88 Å². The molecule has 0 bridgehead atoms. The van der Waals surface area contributed by atoms with Gasteiger partial charge in [0.05, 0.1) is 19.9 Å². The number of aromatic nitrogens is 6. The Labute approximate surface area is 156 Å². The molecule has 136 valence electrons. The van der Waals surface area contributed by atoms with Crippen LogP contribution >= 0.6 is 0 Å². The van der Waals surface area contributed by atoms with Gasteiger partial charge in [0.1, 0.15) is 11.3 Å². The summed E-state index contributed by atoms with van der Waals surface area (Å²) in [5.74, 6) is 2.43. The van der Waals surface area contributed by atoms with Crippen LogP contribution in [0.2, 0.25) is 0 Å². The maximum Gasteiger partial charge on any atom is 0.243 e. The molecule has 4 rings (SSSR count). The topological polar surface area (TPSA) is 79.9 Å². The first-order chi connectivity index (χ1) is 13.2. The van der Waals surface area contributed by atoms with Crippen LogP contribution in [0.25, 0.3) is 28.5 Å². The Balaban J connectivity index is 1.94. The zero-order chi connectivity index (χ0) is 18.8. The molecule has 0 spiro atoms. The van der Waals surface area contributed by atoms with Gasteiger partial charge in [-0.1, -0.05) is 6.07 Å². The number of hydrogen-bond donors (Lipinski definition) is 0. The highest BCUT2D eigenvalue weighted by Gasteiger charge is 2.21. The summed E-state index contributed by atoms with van der Waals surface area (Å²) >= 11 is 0. The second-order valence-electron chi connectivity index (χ2n) is 5.83. The first kappa shape index (κ1) is 16.8. The molecule has 3 aromatic heterocycles. The zero-order valence-corrected chi connectivity index (χ0v) is 15.2. The molecule has 0 amide bonds. The van der Waals surface area contributed by atoms with Crippen molar-refractivity contribution in [2.24, 2.45) is 7.05 Å². The maximum atomic E-state index is 5.42. The molecule has 0 saturated heterocycles. The minimum absolute atomic E-state index is 0.482. The second-order valence-corrected chi connectivity index (χ2v) is 5.83. The lowest BCUT2D eigenvalue weighted by Crippen LogP contribution is -2.00. The number of pyridine rings is 1. The summed E-state index contributed by atoms with van der Waals surface area (Å²) < 4.78 is 14.2. The molecule has 0 fully saturated rings. The normalized spacial score (nSPS) is 10.8. The Hall–Kier alpha value is -3.68. The predicted octanol–water partition coefficient (Wildman–Crippen LogP) is 2.75. The lowest BCUT2D eigenvalue weighted by Gasteiger charge is -2.07. The molecule has 0 unspecified atom stereocenters. The van der Waals surface area contributed by atoms with Crippen molar-refractivity contribution in [1.29, 1.82) is 0 Å². The summed E-state index contributed by atoms with van der Waals surface area (Å²) in [5.41, 5.74) is 2.44. The van der Waals surface area contributed by atoms with Gasteiger partial charge in [-0.15, -0.1) is 10.2 Å². The molecular formula is C19H18N6O2. The fourth-order valence-electron chi connectivity index (χ4n) is 2.80. The number of hydrogen-bond acceptors (Lipinski definition) is 6. The average Bonchev–Trinajstić information content (AvgIpc) is 3.32. The fraction of sp³-hybridized carbons (Fsp3) is 0.158. The summed E-state index contributed by atoms with van der Waals surface area (Å²) in [6.07, 6.45) is 5.29. The highest BCUT2D eigenvalue weighted by atomic mass is 16.5. The fourth-order valence-corrected chi connectivity index (χ4v) is 2.80. The molecule has 0 atom stereocenters. The van der Waals surface area contributed by atoms with Gasteiger partial charge in [0.15, 0.2) is 11.6 Å². The van der Waals surface area contributed by atoms with Gasteiger partial charge in [-0.05, 0) is 24.3 Å². The van der Waals surface area contributed by atoms with Crippen LogP contribution < -0.4 is 9.47 Å². The average molecular weight is 362 g/mol. The van der Waals surface area contributed by atoms with E-state index in [1.807, 2.05) is 49.6 Å². The number of methoxy groups -OCH3 is 2. The summed E-state index contributed by atoms with van der Waals surface area (Å²) in [4.78, 5) is 8.81. The smallest absolute Gasteiger partial charge is 0.243 e. The number of nitrogens with zero attached hydrogens (tertiary/aromatic N) is 6. The molecule has 8 heteroatoms. The van der Waals surface area contributed by atoms with E-state index >= 15 is 0 Å². The van der Waals surface area contributed by atoms with Crippen LogP contribution in [0.4, 0.5) is 0 Å². The van der Waals surface area contributed by atoms with Crippen LogP contribution in [0.15, 0.2) is 55.0 Å². The highest BCUT2D eigenvalue weighted by molar-refractivity contribution is 5.67. The van der Waals surface area contributed by atoms with Crippen molar-refractivity contribution in [3.63, 3.8) is 0 Å². The maximum absolute atomic E-state index is 5.42.